The Morgan fingerprint density at radius 3 is 2.67 bits per heavy atom. The van der Waals surface area contributed by atoms with Gasteiger partial charge in [-0.25, -0.2) is 0 Å². The van der Waals surface area contributed by atoms with E-state index in [-0.39, 0.29) is 6.29 Å². The summed E-state index contributed by atoms with van der Waals surface area (Å²) in [6.07, 6.45) is 1.71. The highest BCUT2D eigenvalue weighted by molar-refractivity contribution is 6.27. The summed E-state index contributed by atoms with van der Waals surface area (Å²) in [6, 6.07) is -0.576. The molecule has 0 spiro atoms. The second-order valence-corrected chi connectivity index (χ2v) is 1.92. The first kappa shape index (κ1) is 8.30. The van der Waals surface area contributed by atoms with Crippen molar-refractivity contribution in [1.82, 2.24) is 0 Å². The minimum absolute atomic E-state index is 0.278. The van der Waals surface area contributed by atoms with Crippen LogP contribution in [0, 0.1) is 0 Å². The van der Waals surface area contributed by atoms with Crippen molar-refractivity contribution < 1.29 is 9.59 Å². The van der Waals surface area contributed by atoms with Gasteiger partial charge in [0.1, 0.15) is 0 Å². The molecule has 1 unspecified atom stereocenters. The third kappa shape index (κ3) is 2.98. The van der Waals surface area contributed by atoms with E-state index < -0.39 is 11.8 Å². The maximum atomic E-state index is 10.4. The van der Waals surface area contributed by atoms with E-state index in [4.69, 9.17) is 5.73 Å². The molecule has 0 aromatic rings. The largest absolute Gasteiger partial charge is 0.321 e. The molecule has 1 atom stereocenters. The van der Waals surface area contributed by atoms with Gasteiger partial charge in [0.2, 0.25) is 5.78 Å². The van der Waals surface area contributed by atoms with Gasteiger partial charge in [0.25, 0.3) is 0 Å². The second-order valence-electron chi connectivity index (χ2n) is 1.92. The standard InChI is InChI=1S/C6H11NO2/c1-2-3-5(7)6(9)4-8/h4-5H,2-3,7H2,1H3. The number of nitrogens with two attached hydrogens (primary N) is 1. The van der Waals surface area contributed by atoms with Crippen LogP contribution >= 0.6 is 0 Å². The van der Waals surface area contributed by atoms with Crippen molar-refractivity contribution in [3.05, 3.63) is 0 Å². The Kier molecular flexibility index (Phi) is 3.88. The van der Waals surface area contributed by atoms with Crippen LogP contribution in [-0.2, 0) is 9.59 Å². The van der Waals surface area contributed by atoms with Crippen molar-refractivity contribution in [2.45, 2.75) is 25.8 Å². The summed E-state index contributed by atoms with van der Waals surface area (Å²) in [7, 11) is 0. The molecule has 0 aliphatic heterocycles. The lowest BCUT2D eigenvalue weighted by atomic mass is 10.1. The van der Waals surface area contributed by atoms with E-state index >= 15 is 0 Å². The number of rotatable bonds is 4. The Morgan fingerprint density at radius 2 is 2.33 bits per heavy atom. The highest BCUT2D eigenvalue weighted by atomic mass is 16.2. The molecule has 0 aliphatic carbocycles. The van der Waals surface area contributed by atoms with Crippen LogP contribution in [0.2, 0.25) is 0 Å². The molecule has 3 nitrogen and oxygen atoms in total. The Balaban J connectivity index is 3.58. The molecule has 0 aliphatic rings. The Bertz CT molecular complexity index is 112. The van der Waals surface area contributed by atoms with Gasteiger partial charge in [-0.1, -0.05) is 13.3 Å². The summed E-state index contributed by atoms with van der Waals surface area (Å²) in [6.45, 7) is 1.91. The molecule has 0 fully saturated rings. The van der Waals surface area contributed by atoms with Crippen molar-refractivity contribution in [2.24, 2.45) is 5.73 Å². The number of hydrogen-bond acceptors (Lipinski definition) is 3. The van der Waals surface area contributed by atoms with Gasteiger partial charge in [0.15, 0.2) is 6.29 Å². The second kappa shape index (κ2) is 4.21. The molecule has 0 saturated carbocycles. The SMILES string of the molecule is CCCC(N)C(=O)C=O. The summed E-state index contributed by atoms with van der Waals surface area (Å²) in [5, 5.41) is 0. The summed E-state index contributed by atoms with van der Waals surface area (Å²) in [5.41, 5.74) is 5.26. The molecular formula is C6H11NO2. The predicted molar refractivity (Wildman–Crippen MR) is 34.0 cm³/mol. The van der Waals surface area contributed by atoms with Gasteiger partial charge >= 0.3 is 0 Å². The topological polar surface area (TPSA) is 60.2 Å². The number of hydrogen-bond donors (Lipinski definition) is 1. The number of aldehydes is 1. The van der Waals surface area contributed by atoms with Crippen molar-refractivity contribution in [3.63, 3.8) is 0 Å². The molecule has 0 amide bonds. The summed E-state index contributed by atoms with van der Waals surface area (Å²) in [4.78, 5) is 20.2. The zero-order valence-corrected chi connectivity index (χ0v) is 5.46. The molecule has 0 heterocycles. The molecule has 0 aromatic carbocycles. The normalized spacial score (nSPS) is 12.7. The van der Waals surface area contributed by atoms with Crippen LogP contribution in [0.25, 0.3) is 0 Å². The average Bonchev–Trinajstić information content (AvgIpc) is 1.87. The van der Waals surface area contributed by atoms with Crippen molar-refractivity contribution in [1.29, 1.82) is 0 Å². The van der Waals surface area contributed by atoms with Gasteiger partial charge in [-0.3, -0.25) is 9.59 Å². The highest BCUT2D eigenvalue weighted by Crippen LogP contribution is 1.91. The van der Waals surface area contributed by atoms with Gasteiger partial charge in [-0.2, -0.15) is 0 Å². The molecule has 0 saturated heterocycles. The van der Waals surface area contributed by atoms with E-state index in [2.05, 4.69) is 0 Å². The fraction of sp³-hybridized carbons (Fsp3) is 0.667. The van der Waals surface area contributed by atoms with E-state index in [1.54, 1.807) is 0 Å². The van der Waals surface area contributed by atoms with Crippen LogP contribution in [0.4, 0.5) is 0 Å². The quantitative estimate of drug-likeness (QED) is 0.425. The molecular weight excluding hydrogens is 118 g/mol. The molecule has 0 bridgehead atoms. The Labute approximate surface area is 54.2 Å². The first-order valence-corrected chi connectivity index (χ1v) is 2.97. The predicted octanol–water partition coefficient (Wildman–Crippen LogP) is -0.118. The van der Waals surface area contributed by atoms with Crippen molar-refractivity contribution in [3.8, 4) is 0 Å². The maximum absolute atomic E-state index is 10.4. The monoisotopic (exact) mass is 129 g/mol. The minimum Gasteiger partial charge on any atom is -0.321 e. The van der Waals surface area contributed by atoms with E-state index in [1.807, 2.05) is 6.92 Å². The van der Waals surface area contributed by atoms with E-state index in [0.29, 0.717) is 6.42 Å². The Hall–Kier alpha value is -0.700. The third-order valence-electron chi connectivity index (χ3n) is 1.08. The minimum atomic E-state index is -0.576. The Morgan fingerprint density at radius 1 is 1.78 bits per heavy atom. The summed E-state index contributed by atoms with van der Waals surface area (Å²) >= 11 is 0. The maximum Gasteiger partial charge on any atom is 0.211 e. The van der Waals surface area contributed by atoms with E-state index in [9.17, 15) is 9.59 Å². The zero-order valence-electron chi connectivity index (χ0n) is 5.46. The zero-order chi connectivity index (χ0) is 7.28. The number of carbonyl (C=O) groups excluding carboxylic acids is 2. The lowest BCUT2D eigenvalue weighted by Crippen LogP contribution is -2.30. The van der Waals surface area contributed by atoms with Crippen molar-refractivity contribution in [2.75, 3.05) is 0 Å². The fourth-order valence-corrected chi connectivity index (χ4v) is 0.541. The molecule has 0 aromatic heterocycles. The van der Waals surface area contributed by atoms with Gasteiger partial charge in [0, 0.05) is 0 Å². The number of Topliss-reactive ketones (excluding diaryl/α,β-unsaturated/α-hetero) is 1. The lowest BCUT2D eigenvalue weighted by molar-refractivity contribution is -0.130. The molecule has 52 valence electrons. The van der Waals surface area contributed by atoms with Gasteiger partial charge < -0.3 is 5.73 Å². The highest BCUT2D eigenvalue weighted by Gasteiger charge is 2.09. The first-order chi connectivity index (χ1) is 4.22. The van der Waals surface area contributed by atoms with Crippen molar-refractivity contribution >= 4 is 12.1 Å². The summed E-state index contributed by atoms with van der Waals surface area (Å²) in [5.74, 6) is -0.503. The molecule has 0 rings (SSSR count). The lowest BCUT2D eigenvalue weighted by Gasteiger charge is -2.01. The van der Waals surface area contributed by atoms with Crippen LogP contribution in [0.15, 0.2) is 0 Å². The molecule has 9 heavy (non-hydrogen) atoms. The van der Waals surface area contributed by atoms with Crippen LogP contribution in [0.3, 0.4) is 0 Å². The van der Waals surface area contributed by atoms with Gasteiger partial charge in [0.05, 0.1) is 6.04 Å². The average molecular weight is 129 g/mol. The number of carbonyl (C=O) groups is 2. The molecule has 0 radical (unpaired) electrons. The smallest absolute Gasteiger partial charge is 0.211 e. The van der Waals surface area contributed by atoms with E-state index in [1.165, 1.54) is 0 Å². The third-order valence-corrected chi connectivity index (χ3v) is 1.08. The molecule has 2 N–H and O–H groups in total. The van der Waals surface area contributed by atoms with Gasteiger partial charge in [-0.15, -0.1) is 0 Å². The molecule has 3 heteroatoms. The van der Waals surface area contributed by atoms with Crippen LogP contribution < -0.4 is 5.73 Å². The van der Waals surface area contributed by atoms with Gasteiger partial charge in [-0.05, 0) is 6.42 Å². The van der Waals surface area contributed by atoms with E-state index in [0.717, 1.165) is 6.42 Å². The fourth-order valence-electron chi connectivity index (χ4n) is 0.541. The van der Waals surface area contributed by atoms with Crippen LogP contribution in [-0.4, -0.2) is 18.1 Å². The summed E-state index contributed by atoms with van der Waals surface area (Å²) < 4.78 is 0. The van der Waals surface area contributed by atoms with Crippen LogP contribution in [0.1, 0.15) is 19.8 Å². The van der Waals surface area contributed by atoms with Crippen LogP contribution in [0.5, 0.6) is 0 Å². The first-order valence-electron chi connectivity index (χ1n) is 2.97. The number of ketones is 1.